The summed E-state index contributed by atoms with van der Waals surface area (Å²) in [7, 11) is 0. The third-order valence-electron chi connectivity index (χ3n) is 4.95. The molecule has 0 aliphatic carbocycles. The van der Waals surface area contributed by atoms with Gasteiger partial charge in [-0.2, -0.15) is 0 Å². The average Bonchev–Trinajstić information content (AvgIpc) is 2.73. The van der Waals surface area contributed by atoms with Crippen molar-refractivity contribution in [2.45, 2.75) is 37.4 Å². The lowest BCUT2D eigenvalue weighted by molar-refractivity contribution is -0.142. The highest BCUT2D eigenvalue weighted by atomic mass is 127. The Labute approximate surface area is 192 Å². The van der Waals surface area contributed by atoms with Gasteiger partial charge in [0.25, 0.3) is 0 Å². The number of hydrogen-bond acceptors (Lipinski definition) is 4. The largest absolute Gasteiger partial charge is 0.480 e. The maximum Gasteiger partial charge on any atom is 0.326 e. The van der Waals surface area contributed by atoms with Crippen LogP contribution in [0.4, 0.5) is 0 Å². The quantitative estimate of drug-likeness (QED) is 0.376. The van der Waals surface area contributed by atoms with Crippen LogP contribution in [0.2, 0.25) is 0 Å². The Balaban J connectivity index is 1.57. The summed E-state index contributed by atoms with van der Waals surface area (Å²) in [6, 6.07) is 13.7. The standard InChI is InChI=1S/C22H22IN3O5/c23-15-9-5-4-8-14(15)11-18(22(30)31)24-19(27)12-17-21(29)25-16(20(28)26-17)10-13-6-2-1-3-7-13/h1-9,16-18H,10-12H2,(H,24,27)(H,25,29)(H,26,28)(H,30,31)/t16-,17-,18-/m0/s1. The van der Waals surface area contributed by atoms with Crippen molar-refractivity contribution in [2.24, 2.45) is 0 Å². The van der Waals surface area contributed by atoms with Gasteiger partial charge in [0.05, 0.1) is 6.42 Å². The molecular formula is C22H22IN3O5. The second-order valence-electron chi connectivity index (χ2n) is 7.27. The summed E-state index contributed by atoms with van der Waals surface area (Å²) in [6.45, 7) is 0. The summed E-state index contributed by atoms with van der Waals surface area (Å²) in [4.78, 5) is 48.8. The second kappa shape index (κ2) is 10.4. The summed E-state index contributed by atoms with van der Waals surface area (Å²) in [5.74, 6) is -2.65. The first kappa shape index (κ1) is 22.7. The van der Waals surface area contributed by atoms with Gasteiger partial charge >= 0.3 is 5.97 Å². The molecule has 1 aliphatic rings. The number of carboxylic acids is 1. The first-order valence-corrected chi connectivity index (χ1v) is 10.8. The number of aliphatic carboxylic acids is 1. The van der Waals surface area contributed by atoms with E-state index in [-0.39, 0.29) is 18.7 Å². The number of halogens is 1. The average molecular weight is 535 g/mol. The van der Waals surface area contributed by atoms with Gasteiger partial charge < -0.3 is 21.1 Å². The molecule has 1 saturated heterocycles. The molecule has 162 valence electrons. The lowest BCUT2D eigenvalue weighted by Crippen LogP contribution is -2.63. The maximum absolute atomic E-state index is 12.4. The molecular weight excluding hydrogens is 513 g/mol. The Morgan fingerprint density at radius 3 is 2.26 bits per heavy atom. The van der Waals surface area contributed by atoms with Crippen molar-refractivity contribution in [1.29, 1.82) is 0 Å². The van der Waals surface area contributed by atoms with Crippen LogP contribution in [0.1, 0.15) is 17.5 Å². The minimum absolute atomic E-state index is 0.114. The van der Waals surface area contributed by atoms with Crippen LogP contribution in [0.5, 0.6) is 0 Å². The van der Waals surface area contributed by atoms with Crippen molar-refractivity contribution in [3.05, 3.63) is 69.3 Å². The van der Waals surface area contributed by atoms with E-state index >= 15 is 0 Å². The number of amides is 3. The van der Waals surface area contributed by atoms with E-state index in [1.807, 2.05) is 42.5 Å². The van der Waals surface area contributed by atoms with Gasteiger partial charge in [0.1, 0.15) is 18.1 Å². The fourth-order valence-corrected chi connectivity index (χ4v) is 3.94. The van der Waals surface area contributed by atoms with Gasteiger partial charge in [-0.05, 0) is 39.8 Å². The fourth-order valence-electron chi connectivity index (χ4n) is 3.34. The number of nitrogens with one attached hydrogen (secondary N) is 3. The number of carboxylic acid groups (broad SMARTS) is 1. The van der Waals surface area contributed by atoms with Crippen molar-refractivity contribution < 1.29 is 24.3 Å². The molecule has 0 bridgehead atoms. The number of carbonyl (C=O) groups excluding carboxylic acids is 3. The molecule has 1 heterocycles. The number of rotatable bonds is 8. The van der Waals surface area contributed by atoms with Crippen molar-refractivity contribution in [2.75, 3.05) is 0 Å². The molecule has 31 heavy (non-hydrogen) atoms. The maximum atomic E-state index is 12.4. The van der Waals surface area contributed by atoms with Gasteiger partial charge in [-0.3, -0.25) is 14.4 Å². The molecule has 3 rings (SSSR count). The molecule has 0 spiro atoms. The molecule has 1 aliphatic heterocycles. The molecule has 0 radical (unpaired) electrons. The Bertz CT molecular complexity index is 982. The molecule has 0 unspecified atom stereocenters. The van der Waals surface area contributed by atoms with Crippen LogP contribution in [-0.4, -0.2) is 46.9 Å². The van der Waals surface area contributed by atoms with Gasteiger partial charge in [0.15, 0.2) is 0 Å². The lowest BCUT2D eigenvalue weighted by Gasteiger charge is -2.29. The topological polar surface area (TPSA) is 125 Å². The normalized spacial score (nSPS) is 19.1. The summed E-state index contributed by atoms with van der Waals surface area (Å²) in [5, 5.41) is 17.1. The molecule has 4 N–H and O–H groups in total. The number of piperazine rings is 1. The predicted octanol–water partition coefficient (Wildman–Crippen LogP) is 1.02. The van der Waals surface area contributed by atoms with E-state index in [0.29, 0.717) is 6.42 Å². The highest BCUT2D eigenvalue weighted by molar-refractivity contribution is 14.1. The molecule has 8 nitrogen and oxygen atoms in total. The van der Waals surface area contributed by atoms with Crippen molar-refractivity contribution in [3.8, 4) is 0 Å². The Kier molecular flexibility index (Phi) is 7.61. The molecule has 2 aromatic carbocycles. The molecule has 9 heteroatoms. The van der Waals surface area contributed by atoms with E-state index < -0.39 is 35.9 Å². The number of benzene rings is 2. The third-order valence-corrected chi connectivity index (χ3v) is 6.01. The highest BCUT2D eigenvalue weighted by Crippen LogP contribution is 2.14. The van der Waals surface area contributed by atoms with Crippen LogP contribution in [0.3, 0.4) is 0 Å². The van der Waals surface area contributed by atoms with E-state index in [1.54, 1.807) is 12.1 Å². The Morgan fingerprint density at radius 2 is 1.58 bits per heavy atom. The Hall–Kier alpha value is -2.95. The number of hydrogen-bond donors (Lipinski definition) is 4. The molecule has 0 saturated carbocycles. The first-order chi connectivity index (χ1) is 14.8. The summed E-state index contributed by atoms with van der Waals surface area (Å²) in [6.07, 6.45) is 0.113. The van der Waals surface area contributed by atoms with Crippen LogP contribution in [0.15, 0.2) is 54.6 Å². The molecule has 1 fully saturated rings. The van der Waals surface area contributed by atoms with Crippen LogP contribution in [-0.2, 0) is 32.0 Å². The fraction of sp³-hybridized carbons (Fsp3) is 0.273. The van der Waals surface area contributed by atoms with Gasteiger partial charge in [-0.15, -0.1) is 0 Å². The van der Waals surface area contributed by atoms with Crippen molar-refractivity contribution >= 4 is 46.3 Å². The second-order valence-corrected chi connectivity index (χ2v) is 8.43. The Morgan fingerprint density at radius 1 is 0.968 bits per heavy atom. The van der Waals surface area contributed by atoms with E-state index in [0.717, 1.165) is 14.7 Å². The van der Waals surface area contributed by atoms with E-state index in [4.69, 9.17) is 0 Å². The monoisotopic (exact) mass is 535 g/mol. The van der Waals surface area contributed by atoms with E-state index in [2.05, 4.69) is 38.5 Å². The lowest BCUT2D eigenvalue weighted by atomic mass is 10.0. The first-order valence-electron chi connectivity index (χ1n) is 9.73. The summed E-state index contributed by atoms with van der Waals surface area (Å²) >= 11 is 2.10. The van der Waals surface area contributed by atoms with Crippen LogP contribution in [0.25, 0.3) is 0 Å². The highest BCUT2D eigenvalue weighted by Gasteiger charge is 2.35. The van der Waals surface area contributed by atoms with Crippen molar-refractivity contribution in [3.63, 3.8) is 0 Å². The van der Waals surface area contributed by atoms with Gasteiger partial charge in [0.2, 0.25) is 17.7 Å². The van der Waals surface area contributed by atoms with Gasteiger partial charge in [-0.1, -0.05) is 48.5 Å². The minimum atomic E-state index is -1.17. The summed E-state index contributed by atoms with van der Waals surface area (Å²) in [5.41, 5.74) is 1.70. The smallest absolute Gasteiger partial charge is 0.326 e. The summed E-state index contributed by atoms with van der Waals surface area (Å²) < 4.78 is 0.893. The van der Waals surface area contributed by atoms with Crippen LogP contribution >= 0.6 is 22.6 Å². The van der Waals surface area contributed by atoms with E-state index in [9.17, 15) is 24.3 Å². The molecule has 3 atom stereocenters. The zero-order valence-corrected chi connectivity index (χ0v) is 18.7. The zero-order valence-electron chi connectivity index (χ0n) is 16.5. The predicted molar refractivity (Wildman–Crippen MR) is 121 cm³/mol. The molecule has 0 aromatic heterocycles. The minimum Gasteiger partial charge on any atom is -0.480 e. The van der Waals surface area contributed by atoms with Gasteiger partial charge in [-0.25, -0.2) is 4.79 Å². The van der Waals surface area contributed by atoms with Crippen LogP contribution < -0.4 is 16.0 Å². The van der Waals surface area contributed by atoms with Crippen molar-refractivity contribution in [1.82, 2.24) is 16.0 Å². The van der Waals surface area contributed by atoms with Gasteiger partial charge in [0, 0.05) is 16.4 Å². The SMILES string of the molecule is O=C(C[C@@H]1NC(=O)[C@H](Cc2ccccc2)NC1=O)N[C@@H](Cc1ccccc1I)C(=O)O. The molecule has 2 aromatic rings. The van der Waals surface area contributed by atoms with E-state index in [1.165, 1.54) is 0 Å². The number of carbonyl (C=O) groups is 4. The zero-order chi connectivity index (χ0) is 22.4. The third kappa shape index (κ3) is 6.27. The van der Waals surface area contributed by atoms with Crippen LogP contribution in [0, 0.1) is 3.57 Å². The molecule has 3 amide bonds.